The first-order chi connectivity index (χ1) is 15.2. The highest BCUT2D eigenvalue weighted by atomic mass is 16.5. The number of aromatic amines is 2. The van der Waals surface area contributed by atoms with Crippen LogP contribution in [0.15, 0.2) is 77.6 Å². The molecule has 0 bridgehead atoms. The average Bonchev–Trinajstić information content (AvgIpc) is 3.17. The number of amides is 1. The summed E-state index contributed by atoms with van der Waals surface area (Å²) in [5.41, 5.74) is 4.61. The van der Waals surface area contributed by atoms with Gasteiger partial charge in [0.15, 0.2) is 0 Å². The Morgan fingerprint density at radius 1 is 0.903 bits per heavy atom. The third kappa shape index (κ3) is 5.42. The van der Waals surface area contributed by atoms with Crippen LogP contribution in [0.3, 0.4) is 0 Å². The molecule has 0 saturated carbocycles. The molecule has 0 aliphatic rings. The van der Waals surface area contributed by atoms with Crippen molar-refractivity contribution >= 4 is 16.9 Å². The van der Waals surface area contributed by atoms with Crippen LogP contribution < -0.4 is 15.7 Å². The monoisotopic (exact) mass is 415 g/mol. The zero-order valence-corrected chi connectivity index (χ0v) is 17.2. The quantitative estimate of drug-likeness (QED) is 0.361. The molecule has 6 nitrogen and oxygen atoms in total. The number of aromatic nitrogens is 2. The van der Waals surface area contributed by atoms with E-state index in [2.05, 4.69) is 27.4 Å². The first-order valence-corrected chi connectivity index (χ1v) is 10.4. The van der Waals surface area contributed by atoms with Crippen LogP contribution in [0.1, 0.15) is 18.4 Å². The number of ether oxygens (including phenoxy) is 1. The highest BCUT2D eigenvalue weighted by molar-refractivity contribution is 5.76. The van der Waals surface area contributed by atoms with Crippen LogP contribution in [-0.2, 0) is 11.2 Å². The van der Waals surface area contributed by atoms with Crippen molar-refractivity contribution in [2.45, 2.75) is 19.3 Å². The number of para-hydroxylation sites is 1. The molecule has 0 unspecified atom stereocenters. The predicted octanol–water partition coefficient (Wildman–Crippen LogP) is 4.04. The van der Waals surface area contributed by atoms with E-state index in [0.29, 0.717) is 19.6 Å². The van der Waals surface area contributed by atoms with Crippen molar-refractivity contribution < 1.29 is 9.53 Å². The van der Waals surface area contributed by atoms with E-state index in [1.807, 2.05) is 60.7 Å². The number of nitrogens with one attached hydrogen (secondary N) is 3. The van der Waals surface area contributed by atoms with E-state index in [1.165, 1.54) is 0 Å². The number of fused-ring (bicyclic) bond motifs is 1. The number of imidazole rings is 1. The third-order valence-corrected chi connectivity index (χ3v) is 5.10. The number of hydrogen-bond acceptors (Lipinski definition) is 3. The summed E-state index contributed by atoms with van der Waals surface area (Å²) < 4.78 is 5.91. The Morgan fingerprint density at radius 2 is 1.68 bits per heavy atom. The van der Waals surface area contributed by atoms with E-state index in [0.717, 1.165) is 46.3 Å². The average molecular weight is 415 g/mol. The molecule has 4 aromatic rings. The van der Waals surface area contributed by atoms with Crippen LogP contribution in [-0.4, -0.2) is 29.0 Å². The molecular weight excluding hydrogens is 390 g/mol. The van der Waals surface area contributed by atoms with Gasteiger partial charge in [-0.15, -0.1) is 0 Å². The maximum atomic E-state index is 12.1. The number of hydrogen-bond donors (Lipinski definition) is 3. The van der Waals surface area contributed by atoms with E-state index in [-0.39, 0.29) is 11.6 Å². The number of aryl methyl sites for hydroxylation is 1. The van der Waals surface area contributed by atoms with Gasteiger partial charge in [-0.25, -0.2) is 4.79 Å². The second-order valence-electron chi connectivity index (χ2n) is 7.37. The van der Waals surface area contributed by atoms with Crippen LogP contribution in [0.2, 0.25) is 0 Å². The number of H-pyrrole nitrogens is 2. The minimum atomic E-state index is -0.208. The Balaban J connectivity index is 1.20. The van der Waals surface area contributed by atoms with Crippen LogP contribution in [0, 0.1) is 0 Å². The summed E-state index contributed by atoms with van der Waals surface area (Å²) in [6.07, 6.45) is 1.96. The Kier molecular flexibility index (Phi) is 6.47. The van der Waals surface area contributed by atoms with Crippen molar-refractivity contribution in [3.8, 4) is 16.9 Å². The lowest BCUT2D eigenvalue weighted by Crippen LogP contribution is -2.27. The molecule has 1 aromatic heterocycles. The van der Waals surface area contributed by atoms with Crippen molar-refractivity contribution in [3.05, 3.63) is 88.8 Å². The molecule has 0 saturated heterocycles. The Hall–Kier alpha value is -3.80. The smallest absolute Gasteiger partial charge is 0.323 e. The van der Waals surface area contributed by atoms with Gasteiger partial charge in [-0.3, -0.25) is 4.79 Å². The van der Waals surface area contributed by atoms with Gasteiger partial charge in [0.05, 0.1) is 17.6 Å². The second-order valence-corrected chi connectivity index (χ2v) is 7.37. The van der Waals surface area contributed by atoms with Gasteiger partial charge in [0, 0.05) is 12.0 Å². The molecule has 0 fully saturated rings. The molecule has 4 rings (SSSR count). The molecule has 3 N–H and O–H groups in total. The first kappa shape index (κ1) is 20.5. The summed E-state index contributed by atoms with van der Waals surface area (Å²) in [4.78, 5) is 28.9. The summed E-state index contributed by atoms with van der Waals surface area (Å²) in [7, 11) is 0. The first-order valence-electron chi connectivity index (χ1n) is 10.4. The van der Waals surface area contributed by atoms with E-state index in [4.69, 9.17) is 4.74 Å². The largest absolute Gasteiger partial charge is 0.491 e. The van der Waals surface area contributed by atoms with Crippen LogP contribution in [0.4, 0.5) is 0 Å². The highest BCUT2D eigenvalue weighted by Crippen LogP contribution is 2.29. The SMILES string of the molecule is O=C(CCCc1ccc2[nH]c(=O)[nH]c2c1)NCCOc1ccccc1-c1ccccc1. The molecule has 1 heterocycles. The minimum Gasteiger partial charge on any atom is -0.491 e. The highest BCUT2D eigenvalue weighted by Gasteiger charge is 2.06. The normalized spacial score (nSPS) is 10.8. The van der Waals surface area contributed by atoms with Gasteiger partial charge < -0.3 is 20.0 Å². The van der Waals surface area contributed by atoms with Gasteiger partial charge in [0.25, 0.3) is 0 Å². The summed E-state index contributed by atoms with van der Waals surface area (Å²) >= 11 is 0. The van der Waals surface area contributed by atoms with E-state index in [9.17, 15) is 9.59 Å². The molecule has 158 valence electrons. The molecule has 0 radical (unpaired) electrons. The molecule has 0 aliphatic heterocycles. The summed E-state index contributed by atoms with van der Waals surface area (Å²) in [5.74, 6) is 0.817. The number of carbonyl (C=O) groups is 1. The second kappa shape index (κ2) is 9.80. The van der Waals surface area contributed by atoms with Gasteiger partial charge in [-0.1, -0.05) is 54.6 Å². The molecule has 0 aliphatic carbocycles. The molecule has 0 atom stereocenters. The van der Waals surface area contributed by atoms with Crippen LogP contribution in [0.5, 0.6) is 5.75 Å². The molecular formula is C25H25N3O3. The topological polar surface area (TPSA) is 87.0 Å². The van der Waals surface area contributed by atoms with Gasteiger partial charge >= 0.3 is 5.69 Å². The fraction of sp³-hybridized carbons (Fsp3) is 0.200. The summed E-state index contributed by atoms with van der Waals surface area (Å²) in [5, 5.41) is 2.91. The lowest BCUT2D eigenvalue weighted by Gasteiger charge is -2.12. The molecule has 31 heavy (non-hydrogen) atoms. The van der Waals surface area contributed by atoms with Crippen LogP contribution >= 0.6 is 0 Å². The molecule has 1 amide bonds. The fourth-order valence-corrected chi connectivity index (χ4v) is 3.58. The Morgan fingerprint density at radius 3 is 2.55 bits per heavy atom. The fourth-order valence-electron chi connectivity index (χ4n) is 3.58. The van der Waals surface area contributed by atoms with Gasteiger partial charge in [0.2, 0.25) is 5.91 Å². The molecule has 6 heteroatoms. The number of benzene rings is 3. The summed E-state index contributed by atoms with van der Waals surface area (Å²) in [6.45, 7) is 0.867. The van der Waals surface area contributed by atoms with Gasteiger partial charge in [0.1, 0.15) is 12.4 Å². The predicted molar refractivity (Wildman–Crippen MR) is 122 cm³/mol. The van der Waals surface area contributed by atoms with Crippen molar-refractivity contribution in [1.29, 1.82) is 0 Å². The third-order valence-electron chi connectivity index (χ3n) is 5.10. The molecule has 0 spiro atoms. The van der Waals surface area contributed by atoms with E-state index in [1.54, 1.807) is 0 Å². The minimum absolute atomic E-state index is 0.0103. The van der Waals surface area contributed by atoms with Crippen molar-refractivity contribution in [1.82, 2.24) is 15.3 Å². The molecule has 3 aromatic carbocycles. The van der Waals surface area contributed by atoms with Crippen LogP contribution in [0.25, 0.3) is 22.2 Å². The number of rotatable bonds is 9. The standard InChI is InChI=1S/C25H25N3O3/c29-24(12-6-7-18-13-14-21-22(17-18)28-25(30)27-21)26-15-16-31-23-11-5-4-10-20(23)19-8-2-1-3-9-19/h1-5,8-11,13-14,17H,6-7,12,15-16H2,(H,26,29)(H2,27,28,30). The van der Waals surface area contributed by atoms with Gasteiger partial charge in [-0.05, 0) is 42.2 Å². The summed E-state index contributed by atoms with van der Waals surface area (Å²) in [6, 6.07) is 23.8. The van der Waals surface area contributed by atoms with E-state index >= 15 is 0 Å². The maximum absolute atomic E-state index is 12.1. The van der Waals surface area contributed by atoms with Gasteiger partial charge in [-0.2, -0.15) is 0 Å². The zero-order chi connectivity index (χ0) is 21.5. The van der Waals surface area contributed by atoms with E-state index < -0.39 is 0 Å². The Labute approximate surface area is 180 Å². The number of carbonyl (C=O) groups excluding carboxylic acids is 1. The lowest BCUT2D eigenvalue weighted by atomic mass is 10.1. The van der Waals surface area contributed by atoms with Crippen molar-refractivity contribution in [2.75, 3.05) is 13.2 Å². The van der Waals surface area contributed by atoms with Crippen molar-refractivity contribution in [2.24, 2.45) is 0 Å². The zero-order valence-electron chi connectivity index (χ0n) is 17.2. The Bertz CT molecular complexity index is 1210. The lowest BCUT2D eigenvalue weighted by molar-refractivity contribution is -0.121. The van der Waals surface area contributed by atoms with Crippen molar-refractivity contribution in [3.63, 3.8) is 0 Å². The maximum Gasteiger partial charge on any atom is 0.323 e.